The summed E-state index contributed by atoms with van der Waals surface area (Å²) < 4.78 is 4.90. The first-order valence-corrected chi connectivity index (χ1v) is 5.83. The molecule has 1 aromatic carbocycles. The highest BCUT2D eigenvalue weighted by Gasteiger charge is 2.08. The maximum Gasteiger partial charge on any atom is 0.409 e. The standard InChI is InChI=1S/C14H18N2O2/c1-3-18-14(17)16(2)11-13-8-6-12(7-9-13)5-4-10-15/h6-9H,3,10-11,15H2,1-2H3. The molecule has 18 heavy (non-hydrogen) atoms. The van der Waals surface area contributed by atoms with Crippen molar-refractivity contribution in [2.45, 2.75) is 13.5 Å². The zero-order chi connectivity index (χ0) is 13.4. The lowest BCUT2D eigenvalue weighted by molar-refractivity contribution is 0.114. The van der Waals surface area contributed by atoms with Crippen LogP contribution in [0.2, 0.25) is 0 Å². The normalized spacial score (nSPS) is 9.28. The van der Waals surface area contributed by atoms with Crippen LogP contribution in [0.3, 0.4) is 0 Å². The van der Waals surface area contributed by atoms with Gasteiger partial charge in [0, 0.05) is 19.2 Å². The van der Waals surface area contributed by atoms with E-state index < -0.39 is 0 Å². The van der Waals surface area contributed by atoms with Crippen molar-refractivity contribution in [3.63, 3.8) is 0 Å². The van der Waals surface area contributed by atoms with E-state index in [1.165, 1.54) is 4.90 Å². The van der Waals surface area contributed by atoms with Crippen molar-refractivity contribution in [3.05, 3.63) is 35.4 Å². The van der Waals surface area contributed by atoms with Gasteiger partial charge in [0.1, 0.15) is 0 Å². The Bertz CT molecular complexity index is 443. The number of rotatable bonds is 3. The first-order chi connectivity index (χ1) is 8.67. The molecular weight excluding hydrogens is 228 g/mol. The van der Waals surface area contributed by atoms with Gasteiger partial charge in [-0.25, -0.2) is 4.79 Å². The van der Waals surface area contributed by atoms with Gasteiger partial charge in [-0.15, -0.1) is 0 Å². The van der Waals surface area contributed by atoms with E-state index in [4.69, 9.17) is 10.5 Å². The molecule has 0 bridgehead atoms. The molecule has 0 saturated carbocycles. The van der Waals surface area contributed by atoms with Gasteiger partial charge >= 0.3 is 6.09 Å². The minimum Gasteiger partial charge on any atom is -0.450 e. The summed E-state index contributed by atoms with van der Waals surface area (Å²) in [4.78, 5) is 13.0. The third-order valence-electron chi connectivity index (χ3n) is 2.29. The molecule has 0 aliphatic heterocycles. The van der Waals surface area contributed by atoms with Crippen LogP contribution >= 0.6 is 0 Å². The molecule has 0 unspecified atom stereocenters. The predicted molar refractivity (Wildman–Crippen MR) is 70.9 cm³/mol. The average molecular weight is 246 g/mol. The van der Waals surface area contributed by atoms with Crippen LogP contribution in [-0.4, -0.2) is 31.2 Å². The SMILES string of the molecule is CCOC(=O)N(C)Cc1ccc(C#CCN)cc1. The quantitative estimate of drug-likeness (QED) is 0.824. The molecule has 0 spiro atoms. The van der Waals surface area contributed by atoms with Crippen molar-refractivity contribution in [2.24, 2.45) is 5.73 Å². The molecule has 0 saturated heterocycles. The first-order valence-electron chi connectivity index (χ1n) is 5.83. The second-order valence-electron chi connectivity index (χ2n) is 3.76. The number of hydrogen-bond acceptors (Lipinski definition) is 3. The molecule has 4 heteroatoms. The van der Waals surface area contributed by atoms with E-state index in [1.807, 2.05) is 24.3 Å². The van der Waals surface area contributed by atoms with E-state index in [9.17, 15) is 4.79 Å². The number of nitrogens with two attached hydrogens (primary N) is 1. The summed E-state index contributed by atoms with van der Waals surface area (Å²) in [5.41, 5.74) is 7.25. The van der Waals surface area contributed by atoms with E-state index >= 15 is 0 Å². The van der Waals surface area contributed by atoms with Gasteiger partial charge in [-0.05, 0) is 24.6 Å². The fourth-order valence-electron chi connectivity index (χ4n) is 1.42. The molecule has 0 radical (unpaired) electrons. The molecule has 1 rings (SSSR count). The summed E-state index contributed by atoms with van der Waals surface area (Å²) >= 11 is 0. The Balaban J connectivity index is 2.60. The van der Waals surface area contributed by atoms with Gasteiger partial charge in [0.25, 0.3) is 0 Å². The lowest BCUT2D eigenvalue weighted by Gasteiger charge is -2.16. The minimum absolute atomic E-state index is 0.315. The van der Waals surface area contributed by atoms with Gasteiger partial charge in [0.05, 0.1) is 13.2 Å². The van der Waals surface area contributed by atoms with Crippen LogP contribution in [0.5, 0.6) is 0 Å². The molecular formula is C14H18N2O2. The summed E-state index contributed by atoms with van der Waals surface area (Å²) in [5, 5.41) is 0. The Morgan fingerprint density at radius 2 is 2.06 bits per heavy atom. The van der Waals surface area contributed by atoms with Crippen LogP contribution in [0.25, 0.3) is 0 Å². The molecule has 0 heterocycles. The van der Waals surface area contributed by atoms with E-state index in [1.54, 1.807) is 14.0 Å². The van der Waals surface area contributed by atoms with E-state index in [0.29, 0.717) is 19.7 Å². The second-order valence-corrected chi connectivity index (χ2v) is 3.76. The highest BCUT2D eigenvalue weighted by Crippen LogP contribution is 2.06. The molecule has 1 aromatic rings. The Morgan fingerprint density at radius 1 is 1.39 bits per heavy atom. The Labute approximate surface area is 108 Å². The molecule has 0 fully saturated rings. The summed E-state index contributed by atoms with van der Waals surface area (Å²) in [6, 6.07) is 7.71. The zero-order valence-corrected chi connectivity index (χ0v) is 10.8. The van der Waals surface area contributed by atoms with Crippen LogP contribution in [0, 0.1) is 11.8 Å². The first kappa shape index (κ1) is 14.1. The van der Waals surface area contributed by atoms with Crippen molar-refractivity contribution in [2.75, 3.05) is 20.2 Å². The van der Waals surface area contributed by atoms with Crippen molar-refractivity contribution in [1.82, 2.24) is 4.90 Å². The van der Waals surface area contributed by atoms with E-state index in [0.717, 1.165) is 11.1 Å². The maximum atomic E-state index is 11.4. The monoisotopic (exact) mass is 246 g/mol. The highest BCUT2D eigenvalue weighted by molar-refractivity contribution is 5.67. The molecule has 0 aromatic heterocycles. The summed E-state index contributed by atoms with van der Waals surface area (Å²) in [6.07, 6.45) is -0.315. The maximum absolute atomic E-state index is 11.4. The third kappa shape index (κ3) is 4.48. The molecule has 0 aliphatic rings. The summed E-state index contributed by atoms with van der Waals surface area (Å²) in [6.45, 7) is 3.05. The molecule has 2 N–H and O–H groups in total. The molecule has 0 aliphatic carbocycles. The van der Waals surface area contributed by atoms with E-state index in [2.05, 4.69) is 11.8 Å². The van der Waals surface area contributed by atoms with Crippen LogP contribution in [0.1, 0.15) is 18.1 Å². The van der Waals surface area contributed by atoms with Crippen molar-refractivity contribution in [1.29, 1.82) is 0 Å². The van der Waals surface area contributed by atoms with Crippen LogP contribution < -0.4 is 5.73 Å². The smallest absolute Gasteiger partial charge is 0.409 e. The van der Waals surface area contributed by atoms with Gasteiger partial charge in [0.2, 0.25) is 0 Å². The number of amides is 1. The second kappa shape index (κ2) is 7.36. The minimum atomic E-state index is -0.315. The van der Waals surface area contributed by atoms with Crippen LogP contribution in [0.15, 0.2) is 24.3 Å². The van der Waals surface area contributed by atoms with Crippen molar-refractivity contribution in [3.8, 4) is 11.8 Å². The highest BCUT2D eigenvalue weighted by atomic mass is 16.5. The number of ether oxygens (including phenoxy) is 1. The fraction of sp³-hybridized carbons (Fsp3) is 0.357. The average Bonchev–Trinajstić information content (AvgIpc) is 2.38. The molecule has 0 atom stereocenters. The molecule has 1 amide bonds. The van der Waals surface area contributed by atoms with Crippen molar-refractivity contribution >= 4 is 6.09 Å². The lowest BCUT2D eigenvalue weighted by Crippen LogP contribution is -2.26. The number of carbonyl (C=O) groups is 1. The zero-order valence-electron chi connectivity index (χ0n) is 10.8. The Hall–Kier alpha value is -1.99. The van der Waals surface area contributed by atoms with E-state index in [-0.39, 0.29) is 6.09 Å². The van der Waals surface area contributed by atoms with Crippen molar-refractivity contribution < 1.29 is 9.53 Å². The van der Waals surface area contributed by atoms with Crippen LogP contribution in [0.4, 0.5) is 4.79 Å². The summed E-state index contributed by atoms with van der Waals surface area (Å²) in [5.74, 6) is 5.74. The number of benzene rings is 1. The predicted octanol–water partition coefficient (Wildman–Crippen LogP) is 1.59. The topological polar surface area (TPSA) is 55.6 Å². The van der Waals surface area contributed by atoms with Gasteiger partial charge in [-0.1, -0.05) is 24.0 Å². The number of hydrogen-bond donors (Lipinski definition) is 1. The molecule has 96 valence electrons. The summed E-state index contributed by atoms with van der Waals surface area (Å²) in [7, 11) is 1.71. The Kier molecular flexibility index (Phi) is 5.75. The number of carbonyl (C=O) groups excluding carboxylic acids is 1. The van der Waals surface area contributed by atoms with Gasteiger partial charge in [0.15, 0.2) is 0 Å². The fourth-order valence-corrected chi connectivity index (χ4v) is 1.42. The van der Waals surface area contributed by atoms with Gasteiger partial charge < -0.3 is 15.4 Å². The van der Waals surface area contributed by atoms with Gasteiger partial charge in [-0.2, -0.15) is 0 Å². The number of nitrogens with zero attached hydrogens (tertiary/aromatic N) is 1. The third-order valence-corrected chi connectivity index (χ3v) is 2.29. The Morgan fingerprint density at radius 3 is 2.61 bits per heavy atom. The lowest BCUT2D eigenvalue weighted by atomic mass is 10.1. The van der Waals surface area contributed by atoms with Crippen LogP contribution in [-0.2, 0) is 11.3 Å². The molecule has 4 nitrogen and oxygen atoms in total. The van der Waals surface area contributed by atoms with Gasteiger partial charge in [-0.3, -0.25) is 0 Å². The largest absolute Gasteiger partial charge is 0.450 e.